The van der Waals surface area contributed by atoms with Crippen LogP contribution in [0.1, 0.15) is 22.3 Å². The molecular formula is C63H42Ge2. The molecule has 0 nitrogen and oxygen atoms in total. The van der Waals surface area contributed by atoms with Gasteiger partial charge in [-0.15, -0.1) is 0 Å². The Hall–Kier alpha value is -6.97. The molecule has 0 unspecified atom stereocenters. The Labute approximate surface area is 394 Å². The molecule has 302 valence electrons. The van der Waals surface area contributed by atoms with Crippen LogP contribution in [0.4, 0.5) is 0 Å². The maximum absolute atomic E-state index is 2.56. The summed E-state index contributed by atoms with van der Waals surface area (Å²) >= 11 is -0.592. The van der Waals surface area contributed by atoms with Crippen LogP contribution in [0.15, 0.2) is 224 Å². The molecule has 14 rings (SSSR count). The first-order valence-electron chi connectivity index (χ1n) is 23.0. The Morgan fingerprint density at radius 2 is 0.692 bits per heavy atom. The van der Waals surface area contributed by atoms with Crippen LogP contribution >= 0.6 is 0 Å². The van der Waals surface area contributed by atoms with Gasteiger partial charge in [0.05, 0.1) is 0 Å². The molecule has 2 heteroatoms. The van der Waals surface area contributed by atoms with Gasteiger partial charge in [0.15, 0.2) is 0 Å². The molecule has 1 aliphatic heterocycles. The molecule has 0 bridgehead atoms. The standard InChI is InChI=1S/C63H42Ge2/c64-57-34-11-6-22-45(57)39-18-2-1-17-38(39)40-24-13-26-47-52(40)37-53-41(46-28-16-36-59-61(46)50-23-7-12-35-58(50)65-59)25-14-27-48(53)60(47)51-30-15-29-49-44-21-5-10-33-56(44)63(62(49)51)54-31-8-3-19-42(54)43-20-4-9-32-55(43)63/h1-37H,65H2,64H3. The fraction of sp³-hybridized carbons (Fsp3) is 0.0159. The van der Waals surface area contributed by atoms with E-state index >= 15 is 0 Å². The first-order chi connectivity index (χ1) is 32.2. The summed E-state index contributed by atoms with van der Waals surface area (Å²) in [5.41, 5.74) is 23.7. The van der Waals surface area contributed by atoms with E-state index in [2.05, 4.69) is 224 Å². The van der Waals surface area contributed by atoms with Crippen molar-refractivity contribution in [3.63, 3.8) is 0 Å². The normalized spacial score (nSPS) is 13.8. The zero-order valence-electron chi connectivity index (χ0n) is 36.1. The zero-order chi connectivity index (χ0) is 42.8. The molecule has 2 aliphatic carbocycles. The monoisotopic (exact) mass is 946 g/mol. The Bertz CT molecular complexity index is 3770. The van der Waals surface area contributed by atoms with Crippen molar-refractivity contribution in [3.8, 4) is 77.9 Å². The number of hydrogen-bond acceptors (Lipinski definition) is 0. The van der Waals surface area contributed by atoms with Gasteiger partial charge in [-0.05, 0) is 0 Å². The van der Waals surface area contributed by atoms with Gasteiger partial charge < -0.3 is 0 Å². The van der Waals surface area contributed by atoms with E-state index in [-0.39, 0.29) is 0 Å². The van der Waals surface area contributed by atoms with E-state index in [1.54, 1.807) is 8.79 Å². The third kappa shape index (κ3) is 5.15. The van der Waals surface area contributed by atoms with Crippen molar-refractivity contribution >= 4 is 66.7 Å². The molecule has 1 heterocycles. The number of hydrogen-bond donors (Lipinski definition) is 0. The fourth-order valence-corrected chi connectivity index (χ4v) is 18.0. The maximum atomic E-state index is 2.56. The molecule has 0 atom stereocenters. The first kappa shape index (κ1) is 37.4. The van der Waals surface area contributed by atoms with Crippen molar-refractivity contribution in [2.45, 2.75) is 5.41 Å². The first-order valence-corrected chi connectivity index (χ1v) is 28.0. The van der Waals surface area contributed by atoms with Crippen molar-refractivity contribution in [2.24, 2.45) is 0 Å². The molecule has 0 N–H and O–H groups in total. The Morgan fingerprint density at radius 1 is 0.277 bits per heavy atom. The SMILES string of the molecule is [GeH3][c]1ccccc1-c1ccccc1-c1cccc2c(-c3cccc4c3C3(c5ccccc5-c5ccccc53)c3ccccc3-4)c3cccc(-c4ccc[c]5c4-c4cccc[c]4[GeH2]5)c3cc12. The summed E-state index contributed by atoms with van der Waals surface area (Å²) in [6.45, 7) is 0. The van der Waals surface area contributed by atoms with E-state index in [4.69, 9.17) is 0 Å². The van der Waals surface area contributed by atoms with Gasteiger partial charge in [0.2, 0.25) is 0 Å². The minimum absolute atomic E-state index is 0.488. The van der Waals surface area contributed by atoms with Gasteiger partial charge in [-0.2, -0.15) is 0 Å². The predicted octanol–water partition coefficient (Wildman–Crippen LogP) is 12.1. The summed E-state index contributed by atoms with van der Waals surface area (Å²) in [5, 5.41) is 5.15. The third-order valence-corrected chi connectivity index (χ3v) is 21.0. The van der Waals surface area contributed by atoms with Gasteiger partial charge in [-0.25, -0.2) is 0 Å². The topological polar surface area (TPSA) is 0 Å². The molecule has 1 spiro atoms. The van der Waals surface area contributed by atoms with Crippen LogP contribution in [0.5, 0.6) is 0 Å². The molecule has 3 aliphatic rings. The van der Waals surface area contributed by atoms with Gasteiger partial charge in [0, 0.05) is 0 Å². The van der Waals surface area contributed by atoms with Crippen LogP contribution < -0.4 is 13.2 Å². The van der Waals surface area contributed by atoms with Crippen LogP contribution in [0.3, 0.4) is 0 Å². The van der Waals surface area contributed by atoms with Gasteiger partial charge >= 0.3 is 348 Å². The Balaban J connectivity index is 1.15. The summed E-state index contributed by atoms with van der Waals surface area (Å²) in [5.74, 6) is 0. The van der Waals surface area contributed by atoms with Gasteiger partial charge in [0.1, 0.15) is 0 Å². The molecule has 11 aromatic rings. The van der Waals surface area contributed by atoms with Crippen molar-refractivity contribution in [2.75, 3.05) is 0 Å². The van der Waals surface area contributed by atoms with Crippen molar-refractivity contribution in [3.05, 3.63) is 247 Å². The molecule has 0 saturated heterocycles. The fourth-order valence-electron chi connectivity index (χ4n) is 12.5. The summed E-state index contributed by atoms with van der Waals surface area (Å²) in [6.07, 6.45) is 0. The van der Waals surface area contributed by atoms with Crippen molar-refractivity contribution < 1.29 is 0 Å². The predicted molar refractivity (Wildman–Crippen MR) is 282 cm³/mol. The van der Waals surface area contributed by atoms with Crippen LogP contribution in [-0.4, -0.2) is 31.9 Å². The van der Waals surface area contributed by atoms with E-state index < -0.39 is 20.8 Å². The second-order valence-electron chi connectivity index (χ2n) is 18.2. The quantitative estimate of drug-likeness (QED) is 0.122. The van der Waals surface area contributed by atoms with E-state index in [0.717, 1.165) is 0 Å². The summed E-state index contributed by atoms with van der Waals surface area (Å²) < 4.78 is 4.65. The third-order valence-electron chi connectivity index (χ3n) is 15.1. The van der Waals surface area contributed by atoms with Crippen LogP contribution in [0.2, 0.25) is 0 Å². The number of rotatable bonds is 4. The average molecular weight is 944 g/mol. The molecule has 0 amide bonds. The summed E-state index contributed by atoms with van der Waals surface area (Å²) in [7, 11) is 0. The van der Waals surface area contributed by atoms with E-state index in [9.17, 15) is 0 Å². The second kappa shape index (κ2) is 14.3. The Morgan fingerprint density at radius 3 is 1.34 bits per heavy atom. The molecule has 0 aromatic heterocycles. The van der Waals surface area contributed by atoms with Crippen molar-refractivity contribution in [1.29, 1.82) is 0 Å². The molecule has 0 fully saturated rings. The van der Waals surface area contributed by atoms with Gasteiger partial charge in [-0.1, -0.05) is 48.5 Å². The average Bonchev–Trinajstić information content (AvgIpc) is 4.00. The summed E-state index contributed by atoms with van der Waals surface area (Å²) in [6, 6.07) is 86.1. The van der Waals surface area contributed by atoms with Crippen LogP contribution in [-0.2, 0) is 5.41 Å². The number of benzene rings is 11. The molecule has 11 aromatic carbocycles. The van der Waals surface area contributed by atoms with Crippen LogP contribution in [0.25, 0.3) is 99.4 Å². The molecular weight excluding hydrogens is 902 g/mol. The minimum atomic E-state index is -1.13. The van der Waals surface area contributed by atoms with Crippen LogP contribution in [0, 0.1) is 0 Å². The number of fused-ring (bicyclic) bond motifs is 15. The summed E-state index contributed by atoms with van der Waals surface area (Å²) in [4.78, 5) is 0. The van der Waals surface area contributed by atoms with Gasteiger partial charge in [-0.3, -0.25) is 0 Å². The Kier molecular flexibility index (Phi) is 8.21. The van der Waals surface area contributed by atoms with E-state index in [1.807, 2.05) is 0 Å². The molecule has 0 radical (unpaired) electrons. The second-order valence-corrected chi connectivity index (χ2v) is 24.4. The van der Waals surface area contributed by atoms with Gasteiger partial charge in [0.25, 0.3) is 0 Å². The molecule has 0 saturated carbocycles. The van der Waals surface area contributed by atoms with E-state index in [1.165, 1.54) is 126 Å². The van der Waals surface area contributed by atoms with Crippen molar-refractivity contribution in [1.82, 2.24) is 0 Å². The zero-order valence-corrected chi connectivity index (χ0v) is 43.2. The van der Waals surface area contributed by atoms with E-state index in [0.29, 0.717) is 16.5 Å². The molecule has 65 heavy (non-hydrogen) atoms.